The lowest BCUT2D eigenvalue weighted by atomic mass is 10.1. The number of hydrogen-bond acceptors (Lipinski definition) is 4. The van der Waals surface area contributed by atoms with E-state index in [0.29, 0.717) is 11.3 Å². The molecule has 0 aliphatic rings. The summed E-state index contributed by atoms with van der Waals surface area (Å²) < 4.78 is 0. The van der Waals surface area contributed by atoms with Gasteiger partial charge in [0.1, 0.15) is 6.04 Å². The number of nitrogens with zero attached hydrogens (tertiary/aromatic N) is 1. The van der Waals surface area contributed by atoms with Crippen molar-refractivity contribution in [1.29, 1.82) is 0 Å². The molecular formula is C15H24N4O2. The molecule has 0 bridgehead atoms. The average Bonchev–Trinajstić information content (AvgIpc) is 2.36. The van der Waals surface area contributed by atoms with Gasteiger partial charge in [-0.25, -0.2) is 0 Å². The summed E-state index contributed by atoms with van der Waals surface area (Å²) >= 11 is 0. The molecule has 6 nitrogen and oxygen atoms in total. The number of nitrogen functional groups attached to an aromatic ring is 1. The number of amides is 2. The number of hydrogen-bond donors (Lipinski definition) is 3. The Kier molecular flexibility index (Phi) is 5.58. The van der Waals surface area contributed by atoms with Crippen molar-refractivity contribution in [3.05, 3.63) is 23.8 Å². The molecule has 116 valence electrons. The number of benzene rings is 1. The summed E-state index contributed by atoms with van der Waals surface area (Å²) in [6, 6.07) is 4.51. The molecule has 0 saturated carbocycles. The van der Waals surface area contributed by atoms with Crippen molar-refractivity contribution in [3.63, 3.8) is 0 Å². The second kappa shape index (κ2) is 6.97. The van der Waals surface area contributed by atoms with Gasteiger partial charge < -0.3 is 21.3 Å². The number of carbonyl (C=O) groups is 2. The molecular weight excluding hydrogens is 268 g/mol. The Labute approximate surface area is 125 Å². The minimum atomic E-state index is -0.602. The number of rotatable bonds is 5. The molecule has 2 amide bonds. The lowest BCUT2D eigenvalue weighted by Crippen LogP contribution is -2.46. The van der Waals surface area contributed by atoms with Crippen LogP contribution >= 0.6 is 0 Å². The summed E-state index contributed by atoms with van der Waals surface area (Å²) in [6.07, 6.45) is 0. The van der Waals surface area contributed by atoms with E-state index in [2.05, 4.69) is 10.6 Å². The van der Waals surface area contributed by atoms with Crippen molar-refractivity contribution in [1.82, 2.24) is 10.6 Å². The van der Waals surface area contributed by atoms with E-state index in [1.807, 2.05) is 32.8 Å². The van der Waals surface area contributed by atoms with Crippen LogP contribution in [-0.2, 0) is 4.79 Å². The molecule has 0 fully saturated rings. The van der Waals surface area contributed by atoms with Gasteiger partial charge in [0.2, 0.25) is 5.91 Å². The van der Waals surface area contributed by atoms with Crippen molar-refractivity contribution < 1.29 is 9.59 Å². The first kappa shape index (κ1) is 16.8. The first-order valence-electron chi connectivity index (χ1n) is 6.90. The van der Waals surface area contributed by atoms with E-state index < -0.39 is 6.04 Å². The fraction of sp³-hybridized carbons (Fsp3) is 0.467. The van der Waals surface area contributed by atoms with Crippen LogP contribution in [-0.4, -0.2) is 38.0 Å². The number of carbonyl (C=O) groups excluding carboxylic acids is 2. The highest BCUT2D eigenvalue weighted by atomic mass is 16.2. The maximum Gasteiger partial charge on any atom is 0.251 e. The second-order valence-electron chi connectivity index (χ2n) is 5.53. The van der Waals surface area contributed by atoms with Crippen molar-refractivity contribution in [2.75, 3.05) is 24.7 Å². The van der Waals surface area contributed by atoms with Crippen LogP contribution in [0.1, 0.15) is 31.1 Å². The van der Waals surface area contributed by atoms with Gasteiger partial charge in [-0.2, -0.15) is 0 Å². The van der Waals surface area contributed by atoms with E-state index in [1.165, 1.54) is 0 Å². The molecule has 0 spiro atoms. The molecule has 6 heteroatoms. The van der Waals surface area contributed by atoms with Crippen molar-refractivity contribution >= 4 is 23.2 Å². The van der Waals surface area contributed by atoms with Crippen LogP contribution in [0.3, 0.4) is 0 Å². The van der Waals surface area contributed by atoms with Crippen LogP contribution in [0, 0.1) is 0 Å². The molecule has 0 radical (unpaired) electrons. The van der Waals surface area contributed by atoms with Gasteiger partial charge in [-0.3, -0.25) is 9.59 Å². The van der Waals surface area contributed by atoms with Crippen LogP contribution in [0.4, 0.5) is 11.4 Å². The fourth-order valence-corrected chi connectivity index (χ4v) is 1.86. The Balaban J connectivity index is 2.76. The first-order valence-corrected chi connectivity index (χ1v) is 6.90. The predicted octanol–water partition coefficient (Wildman–Crippen LogP) is 0.978. The summed E-state index contributed by atoms with van der Waals surface area (Å²) in [6.45, 7) is 5.38. The zero-order valence-corrected chi connectivity index (χ0v) is 13.2. The standard InChI is InChI=1S/C15H24N4O2/c1-9(2)17-14(20)10(3)18-15(21)11-6-7-13(19(4)5)12(16)8-11/h6-10H,16H2,1-5H3,(H,17,20)(H,18,21). The normalized spacial score (nSPS) is 11.9. The van der Waals surface area contributed by atoms with Crippen molar-refractivity contribution in [2.45, 2.75) is 32.9 Å². The largest absolute Gasteiger partial charge is 0.397 e. The Bertz CT molecular complexity index is 526. The summed E-state index contributed by atoms with van der Waals surface area (Å²) in [5.74, 6) is -0.533. The Hall–Kier alpha value is -2.24. The smallest absolute Gasteiger partial charge is 0.251 e. The van der Waals surface area contributed by atoms with Gasteiger partial charge in [0.05, 0.1) is 11.4 Å². The van der Waals surface area contributed by atoms with E-state index in [1.54, 1.807) is 25.1 Å². The Morgan fingerprint density at radius 2 is 1.76 bits per heavy atom. The zero-order chi connectivity index (χ0) is 16.2. The molecule has 1 aromatic carbocycles. The van der Waals surface area contributed by atoms with Gasteiger partial charge in [-0.1, -0.05) is 0 Å². The SMILES string of the molecule is CC(C)NC(=O)C(C)NC(=O)c1ccc(N(C)C)c(N)c1. The number of nitrogens with two attached hydrogens (primary N) is 1. The molecule has 1 aromatic rings. The second-order valence-corrected chi connectivity index (χ2v) is 5.53. The topological polar surface area (TPSA) is 87.5 Å². The minimum Gasteiger partial charge on any atom is -0.397 e. The maximum atomic E-state index is 12.1. The van der Waals surface area contributed by atoms with E-state index in [4.69, 9.17) is 5.73 Å². The molecule has 0 aliphatic heterocycles. The summed E-state index contributed by atoms with van der Waals surface area (Å²) in [5.41, 5.74) is 7.71. The third kappa shape index (κ3) is 4.66. The molecule has 4 N–H and O–H groups in total. The summed E-state index contributed by atoms with van der Waals surface area (Å²) in [4.78, 5) is 25.8. The average molecular weight is 292 g/mol. The van der Waals surface area contributed by atoms with E-state index in [-0.39, 0.29) is 17.9 Å². The molecule has 0 aromatic heterocycles. The van der Waals surface area contributed by atoms with Crippen molar-refractivity contribution in [3.8, 4) is 0 Å². The monoisotopic (exact) mass is 292 g/mol. The molecule has 0 saturated heterocycles. The van der Waals surface area contributed by atoms with Crippen LogP contribution in [0.15, 0.2) is 18.2 Å². The highest BCUT2D eigenvalue weighted by Gasteiger charge is 2.17. The quantitative estimate of drug-likeness (QED) is 0.706. The lowest BCUT2D eigenvalue weighted by Gasteiger charge is -2.18. The highest BCUT2D eigenvalue weighted by molar-refractivity contribution is 5.98. The van der Waals surface area contributed by atoms with Crippen LogP contribution in [0.2, 0.25) is 0 Å². The zero-order valence-electron chi connectivity index (χ0n) is 13.2. The molecule has 1 rings (SSSR count). The lowest BCUT2D eigenvalue weighted by molar-refractivity contribution is -0.123. The first-order chi connectivity index (χ1) is 9.72. The minimum absolute atomic E-state index is 0.0341. The van der Waals surface area contributed by atoms with Gasteiger partial charge in [0.25, 0.3) is 5.91 Å². The van der Waals surface area contributed by atoms with Crippen LogP contribution in [0.25, 0.3) is 0 Å². The van der Waals surface area contributed by atoms with Gasteiger partial charge in [0, 0.05) is 25.7 Å². The molecule has 1 atom stereocenters. The molecule has 21 heavy (non-hydrogen) atoms. The molecule has 0 heterocycles. The fourth-order valence-electron chi connectivity index (χ4n) is 1.86. The van der Waals surface area contributed by atoms with Crippen LogP contribution < -0.4 is 21.3 Å². The number of nitrogens with one attached hydrogen (secondary N) is 2. The molecule has 0 aliphatic carbocycles. The number of anilines is 2. The third-order valence-corrected chi connectivity index (χ3v) is 2.94. The van der Waals surface area contributed by atoms with E-state index >= 15 is 0 Å². The van der Waals surface area contributed by atoms with Crippen LogP contribution in [0.5, 0.6) is 0 Å². The van der Waals surface area contributed by atoms with Gasteiger partial charge in [0.15, 0.2) is 0 Å². The Morgan fingerprint density at radius 3 is 2.24 bits per heavy atom. The molecule has 1 unspecified atom stereocenters. The van der Waals surface area contributed by atoms with Crippen molar-refractivity contribution in [2.24, 2.45) is 0 Å². The summed E-state index contributed by atoms with van der Waals surface area (Å²) in [7, 11) is 3.76. The highest BCUT2D eigenvalue weighted by Crippen LogP contribution is 2.22. The Morgan fingerprint density at radius 1 is 1.14 bits per heavy atom. The predicted molar refractivity (Wildman–Crippen MR) is 85.4 cm³/mol. The van der Waals surface area contributed by atoms with Gasteiger partial charge in [-0.15, -0.1) is 0 Å². The van der Waals surface area contributed by atoms with Gasteiger partial charge >= 0.3 is 0 Å². The summed E-state index contributed by atoms with van der Waals surface area (Å²) in [5, 5.41) is 5.41. The van der Waals surface area contributed by atoms with E-state index in [9.17, 15) is 9.59 Å². The van der Waals surface area contributed by atoms with Gasteiger partial charge in [-0.05, 0) is 39.0 Å². The van der Waals surface area contributed by atoms with E-state index in [0.717, 1.165) is 5.69 Å². The third-order valence-electron chi connectivity index (χ3n) is 2.94. The maximum absolute atomic E-state index is 12.1.